The highest BCUT2D eigenvalue weighted by atomic mass is 16.6. The Morgan fingerprint density at radius 2 is 2.14 bits per heavy atom. The standard InChI is InChI=1S/C11H21NO2/c1-4-8-14-11(13)12-9(3)6-7-10(12)5-2/h9-10H,4-8H2,1-3H3. The average Bonchev–Trinajstić information content (AvgIpc) is 2.56. The third kappa shape index (κ3) is 2.40. The summed E-state index contributed by atoms with van der Waals surface area (Å²) in [4.78, 5) is 13.6. The number of carbonyl (C=O) groups is 1. The van der Waals surface area contributed by atoms with Crippen LogP contribution in [0.15, 0.2) is 0 Å². The summed E-state index contributed by atoms with van der Waals surface area (Å²) in [6.45, 7) is 6.78. The normalized spacial score (nSPS) is 26.6. The lowest BCUT2D eigenvalue weighted by Crippen LogP contribution is -2.40. The first kappa shape index (κ1) is 11.3. The van der Waals surface area contributed by atoms with Crippen molar-refractivity contribution in [3.8, 4) is 0 Å². The van der Waals surface area contributed by atoms with E-state index in [0.717, 1.165) is 25.7 Å². The fourth-order valence-electron chi connectivity index (χ4n) is 2.07. The van der Waals surface area contributed by atoms with Crippen molar-refractivity contribution >= 4 is 6.09 Å². The van der Waals surface area contributed by atoms with Crippen molar-refractivity contribution in [2.75, 3.05) is 6.61 Å². The van der Waals surface area contributed by atoms with Crippen molar-refractivity contribution in [1.82, 2.24) is 4.90 Å². The maximum atomic E-state index is 11.7. The lowest BCUT2D eigenvalue weighted by Gasteiger charge is -2.26. The zero-order chi connectivity index (χ0) is 10.6. The molecule has 1 fully saturated rings. The predicted octanol–water partition coefficient (Wildman–Crippen LogP) is 2.80. The summed E-state index contributed by atoms with van der Waals surface area (Å²) >= 11 is 0. The van der Waals surface area contributed by atoms with Gasteiger partial charge in [-0.3, -0.25) is 0 Å². The molecule has 0 aromatic carbocycles. The summed E-state index contributed by atoms with van der Waals surface area (Å²) in [5.74, 6) is 0. The van der Waals surface area contributed by atoms with Crippen LogP contribution in [0, 0.1) is 0 Å². The molecule has 3 heteroatoms. The molecule has 1 amide bonds. The Bertz CT molecular complexity index is 194. The van der Waals surface area contributed by atoms with E-state index in [9.17, 15) is 4.79 Å². The molecule has 1 aliphatic rings. The first-order valence-electron chi connectivity index (χ1n) is 5.65. The monoisotopic (exact) mass is 199 g/mol. The minimum atomic E-state index is -0.122. The van der Waals surface area contributed by atoms with E-state index in [4.69, 9.17) is 4.74 Å². The number of hydrogen-bond donors (Lipinski definition) is 0. The number of likely N-dealkylation sites (tertiary alicyclic amines) is 1. The van der Waals surface area contributed by atoms with Crippen molar-refractivity contribution in [2.24, 2.45) is 0 Å². The molecular formula is C11H21NO2. The fraction of sp³-hybridized carbons (Fsp3) is 0.909. The molecule has 1 heterocycles. The third-order valence-corrected chi connectivity index (χ3v) is 2.90. The summed E-state index contributed by atoms with van der Waals surface area (Å²) in [7, 11) is 0. The zero-order valence-electron chi connectivity index (χ0n) is 9.45. The van der Waals surface area contributed by atoms with Crippen LogP contribution in [0.4, 0.5) is 4.79 Å². The van der Waals surface area contributed by atoms with Gasteiger partial charge in [0.05, 0.1) is 6.61 Å². The summed E-state index contributed by atoms with van der Waals surface area (Å²) in [6.07, 6.45) is 4.04. The second-order valence-corrected chi connectivity index (χ2v) is 4.01. The molecule has 1 rings (SSSR count). The van der Waals surface area contributed by atoms with E-state index in [2.05, 4.69) is 13.8 Å². The number of nitrogens with zero attached hydrogens (tertiary/aromatic N) is 1. The molecule has 0 radical (unpaired) electrons. The van der Waals surface area contributed by atoms with Crippen LogP contribution in [0.3, 0.4) is 0 Å². The van der Waals surface area contributed by atoms with Crippen LogP contribution in [0.25, 0.3) is 0 Å². The molecule has 3 nitrogen and oxygen atoms in total. The number of hydrogen-bond acceptors (Lipinski definition) is 2. The SMILES string of the molecule is CCCOC(=O)N1C(C)CCC1CC. The third-order valence-electron chi connectivity index (χ3n) is 2.90. The van der Waals surface area contributed by atoms with Crippen molar-refractivity contribution in [3.63, 3.8) is 0 Å². The maximum Gasteiger partial charge on any atom is 0.410 e. The summed E-state index contributed by atoms with van der Waals surface area (Å²) in [6, 6.07) is 0.749. The lowest BCUT2D eigenvalue weighted by atomic mass is 10.2. The molecule has 82 valence electrons. The molecule has 2 unspecified atom stereocenters. The second kappa shape index (κ2) is 5.23. The van der Waals surface area contributed by atoms with Crippen LogP contribution in [0.5, 0.6) is 0 Å². The molecule has 1 saturated heterocycles. The van der Waals surface area contributed by atoms with Gasteiger partial charge in [-0.15, -0.1) is 0 Å². The molecule has 2 atom stereocenters. The Labute approximate surface area is 86.4 Å². The van der Waals surface area contributed by atoms with Gasteiger partial charge in [-0.05, 0) is 32.6 Å². The number of carbonyl (C=O) groups excluding carboxylic acids is 1. The molecule has 0 bridgehead atoms. The van der Waals surface area contributed by atoms with E-state index in [1.54, 1.807) is 0 Å². The first-order valence-corrected chi connectivity index (χ1v) is 5.65. The van der Waals surface area contributed by atoms with Crippen molar-refractivity contribution in [3.05, 3.63) is 0 Å². The van der Waals surface area contributed by atoms with Gasteiger partial charge < -0.3 is 9.64 Å². The Hall–Kier alpha value is -0.730. The second-order valence-electron chi connectivity index (χ2n) is 4.01. The number of amides is 1. The molecule has 0 aromatic heterocycles. The lowest BCUT2D eigenvalue weighted by molar-refractivity contribution is 0.0857. The van der Waals surface area contributed by atoms with E-state index in [0.29, 0.717) is 18.7 Å². The predicted molar refractivity (Wildman–Crippen MR) is 56.3 cm³/mol. The van der Waals surface area contributed by atoms with E-state index in [1.807, 2.05) is 11.8 Å². The van der Waals surface area contributed by atoms with Gasteiger partial charge >= 0.3 is 6.09 Å². The highest BCUT2D eigenvalue weighted by Gasteiger charge is 2.33. The van der Waals surface area contributed by atoms with E-state index < -0.39 is 0 Å². The van der Waals surface area contributed by atoms with E-state index in [1.165, 1.54) is 0 Å². The van der Waals surface area contributed by atoms with Gasteiger partial charge in [-0.1, -0.05) is 13.8 Å². The highest BCUT2D eigenvalue weighted by Crippen LogP contribution is 2.26. The van der Waals surface area contributed by atoms with Crippen LogP contribution in [-0.2, 0) is 4.74 Å². The van der Waals surface area contributed by atoms with Gasteiger partial charge in [0.15, 0.2) is 0 Å². The van der Waals surface area contributed by atoms with Crippen LogP contribution < -0.4 is 0 Å². The van der Waals surface area contributed by atoms with Crippen LogP contribution >= 0.6 is 0 Å². The van der Waals surface area contributed by atoms with Crippen LogP contribution in [0.1, 0.15) is 46.5 Å². The largest absolute Gasteiger partial charge is 0.449 e. The Morgan fingerprint density at radius 3 is 2.71 bits per heavy atom. The highest BCUT2D eigenvalue weighted by molar-refractivity contribution is 5.68. The van der Waals surface area contributed by atoms with Crippen molar-refractivity contribution in [1.29, 1.82) is 0 Å². The van der Waals surface area contributed by atoms with E-state index in [-0.39, 0.29) is 6.09 Å². The summed E-state index contributed by atoms with van der Waals surface area (Å²) < 4.78 is 5.16. The van der Waals surface area contributed by atoms with Gasteiger partial charge in [-0.2, -0.15) is 0 Å². The molecule has 0 saturated carbocycles. The molecule has 14 heavy (non-hydrogen) atoms. The van der Waals surface area contributed by atoms with Gasteiger partial charge in [-0.25, -0.2) is 4.79 Å². The molecule has 0 aliphatic carbocycles. The Morgan fingerprint density at radius 1 is 1.43 bits per heavy atom. The zero-order valence-corrected chi connectivity index (χ0v) is 9.45. The van der Waals surface area contributed by atoms with Gasteiger partial charge in [0.25, 0.3) is 0 Å². The topological polar surface area (TPSA) is 29.5 Å². The summed E-state index contributed by atoms with van der Waals surface area (Å²) in [5.41, 5.74) is 0. The maximum absolute atomic E-state index is 11.7. The Kier molecular flexibility index (Phi) is 4.23. The van der Waals surface area contributed by atoms with Crippen LogP contribution in [0.2, 0.25) is 0 Å². The minimum absolute atomic E-state index is 0.122. The van der Waals surface area contributed by atoms with Crippen LogP contribution in [-0.4, -0.2) is 29.7 Å². The quantitative estimate of drug-likeness (QED) is 0.699. The van der Waals surface area contributed by atoms with Crippen molar-refractivity contribution in [2.45, 2.75) is 58.5 Å². The summed E-state index contributed by atoms with van der Waals surface area (Å²) in [5, 5.41) is 0. The molecule has 1 aliphatic heterocycles. The molecule has 0 spiro atoms. The Balaban J connectivity index is 2.50. The van der Waals surface area contributed by atoms with Crippen molar-refractivity contribution < 1.29 is 9.53 Å². The van der Waals surface area contributed by atoms with Gasteiger partial charge in [0.2, 0.25) is 0 Å². The number of ether oxygens (including phenoxy) is 1. The average molecular weight is 199 g/mol. The fourth-order valence-corrected chi connectivity index (χ4v) is 2.07. The first-order chi connectivity index (χ1) is 6.70. The molecule has 0 N–H and O–H groups in total. The molecule has 0 aromatic rings. The molecular weight excluding hydrogens is 178 g/mol. The van der Waals surface area contributed by atoms with E-state index >= 15 is 0 Å². The minimum Gasteiger partial charge on any atom is -0.449 e. The van der Waals surface area contributed by atoms with Gasteiger partial charge in [0, 0.05) is 12.1 Å². The number of rotatable bonds is 3. The smallest absolute Gasteiger partial charge is 0.410 e. The van der Waals surface area contributed by atoms with Gasteiger partial charge in [0.1, 0.15) is 0 Å².